The Morgan fingerprint density at radius 2 is 2.10 bits per heavy atom. The molecule has 1 heterocycles. The van der Waals surface area contributed by atoms with Gasteiger partial charge in [0.1, 0.15) is 12.7 Å². The summed E-state index contributed by atoms with van der Waals surface area (Å²) in [6.07, 6.45) is 7.82. The number of esters is 2. The van der Waals surface area contributed by atoms with Gasteiger partial charge in [-0.1, -0.05) is 17.2 Å². The third-order valence-electron chi connectivity index (χ3n) is 3.04. The lowest BCUT2D eigenvalue weighted by Gasteiger charge is -2.14. The van der Waals surface area contributed by atoms with Crippen molar-refractivity contribution < 1.29 is 19.1 Å². The van der Waals surface area contributed by atoms with Crippen LogP contribution in [0.1, 0.15) is 47.0 Å². The SMILES string of the molecule is CC(=O)O[C@H](C=C(C)C)C/C(C)=C/CCC1=CC(=O)OC1. The van der Waals surface area contributed by atoms with Gasteiger partial charge in [0, 0.05) is 19.4 Å². The molecule has 0 amide bonds. The lowest BCUT2D eigenvalue weighted by Crippen LogP contribution is -2.14. The highest BCUT2D eigenvalue weighted by Crippen LogP contribution is 2.16. The summed E-state index contributed by atoms with van der Waals surface area (Å²) in [5.41, 5.74) is 3.33. The van der Waals surface area contributed by atoms with Crippen molar-refractivity contribution in [1.29, 1.82) is 0 Å². The van der Waals surface area contributed by atoms with E-state index in [4.69, 9.17) is 9.47 Å². The fraction of sp³-hybridized carbons (Fsp3) is 0.529. The van der Waals surface area contributed by atoms with Crippen LogP contribution in [-0.2, 0) is 19.1 Å². The summed E-state index contributed by atoms with van der Waals surface area (Å²) >= 11 is 0. The highest BCUT2D eigenvalue weighted by molar-refractivity contribution is 5.85. The standard InChI is InChI=1S/C17H24O4/c1-12(2)8-16(21-14(4)18)9-13(3)6-5-7-15-10-17(19)20-11-15/h6,8,10,16H,5,7,9,11H2,1-4H3/b13-6+/t16-/m1/s1. The molecule has 4 heteroatoms. The number of hydrogen-bond donors (Lipinski definition) is 0. The smallest absolute Gasteiger partial charge is 0.331 e. The number of cyclic esters (lactones) is 1. The molecule has 1 aliphatic heterocycles. The van der Waals surface area contributed by atoms with E-state index < -0.39 is 0 Å². The van der Waals surface area contributed by atoms with Gasteiger partial charge in [-0.15, -0.1) is 0 Å². The maximum absolute atomic E-state index is 11.1. The van der Waals surface area contributed by atoms with Crippen molar-refractivity contribution in [2.75, 3.05) is 6.61 Å². The minimum absolute atomic E-state index is 0.209. The van der Waals surface area contributed by atoms with Gasteiger partial charge in [0.15, 0.2) is 0 Å². The first-order valence-corrected chi connectivity index (χ1v) is 7.21. The molecule has 0 spiro atoms. The molecule has 0 aromatic carbocycles. The topological polar surface area (TPSA) is 52.6 Å². The molecule has 1 rings (SSSR count). The molecule has 0 aromatic rings. The second-order valence-corrected chi connectivity index (χ2v) is 5.60. The number of hydrogen-bond acceptors (Lipinski definition) is 4. The quantitative estimate of drug-likeness (QED) is 0.532. The summed E-state index contributed by atoms with van der Waals surface area (Å²) < 4.78 is 10.2. The number of carbonyl (C=O) groups excluding carboxylic acids is 2. The van der Waals surface area contributed by atoms with Crippen molar-refractivity contribution in [2.45, 2.75) is 53.1 Å². The molecule has 0 bridgehead atoms. The summed E-state index contributed by atoms with van der Waals surface area (Å²) in [4.78, 5) is 22.0. The molecule has 0 N–H and O–H groups in total. The van der Waals surface area contributed by atoms with Gasteiger partial charge in [0.05, 0.1) is 0 Å². The van der Waals surface area contributed by atoms with E-state index in [0.29, 0.717) is 13.0 Å². The Labute approximate surface area is 126 Å². The van der Waals surface area contributed by atoms with Crippen LogP contribution in [0.15, 0.2) is 34.9 Å². The van der Waals surface area contributed by atoms with Gasteiger partial charge >= 0.3 is 11.9 Å². The van der Waals surface area contributed by atoms with Crippen LogP contribution < -0.4 is 0 Å². The molecular weight excluding hydrogens is 268 g/mol. The molecule has 21 heavy (non-hydrogen) atoms. The van der Waals surface area contributed by atoms with E-state index in [2.05, 4.69) is 6.08 Å². The molecule has 0 fully saturated rings. The number of carbonyl (C=O) groups is 2. The normalized spacial score (nSPS) is 16.1. The zero-order valence-electron chi connectivity index (χ0n) is 13.3. The van der Waals surface area contributed by atoms with Crippen LogP contribution in [0.25, 0.3) is 0 Å². The van der Waals surface area contributed by atoms with Crippen molar-refractivity contribution in [2.24, 2.45) is 0 Å². The van der Waals surface area contributed by atoms with Gasteiger partial charge in [-0.2, -0.15) is 0 Å². The summed E-state index contributed by atoms with van der Waals surface area (Å²) in [6.45, 7) is 7.84. The lowest BCUT2D eigenvalue weighted by molar-refractivity contribution is -0.144. The minimum Gasteiger partial charge on any atom is -0.458 e. The van der Waals surface area contributed by atoms with E-state index in [1.807, 2.05) is 26.8 Å². The molecular formula is C17H24O4. The first-order valence-electron chi connectivity index (χ1n) is 7.21. The third kappa shape index (κ3) is 7.49. The number of rotatable bonds is 7. The fourth-order valence-electron chi connectivity index (χ4n) is 2.18. The van der Waals surface area contributed by atoms with Crippen molar-refractivity contribution >= 4 is 11.9 Å². The summed E-state index contributed by atoms with van der Waals surface area (Å²) in [7, 11) is 0. The second-order valence-electron chi connectivity index (χ2n) is 5.60. The maximum Gasteiger partial charge on any atom is 0.331 e. The Kier molecular flexibility index (Phi) is 6.92. The average Bonchev–Trinajstić information content (AvgIpc) is 2.73. The zero-order chi connectivity index (χ0) is 15.8. The highest BCUT2D eigenvalue weighted by atomic mass is 16.5. The van der Waals surface area contributed by atoms with Crippen molar-refractivity contribution in [1.82, 2.24) is 0 Å². The highest BCUT2D eigenvalue weighted by Gasteiger charge is 2.12. The van der Waals surface area contributed by atoms with Gasteiger partial charge in [-0.05, 0) is 45.3 Å². The van der Waals surface area contributed by atoms with Crippen molar-refractivity contribution in [3.8, 4) is 0 Å². The van der Waals surface area contributed by atoms with Gasteiger partial charge in [0.25, 0.3) is 0 Å². The second kappa shape index (κ2) is 8.45. The van der Waals surface area contributed by atoms with Crippen LogP contribution in [0.5, 0.6) is 0 Å². The monoisotopic (exact) mass is 292 g/mol. The van der Waals surface area contributed by atoms with E-state index >= 15 is 0 Å². The van der Waals surface area contributed by atoms with Gasteiger partial charge in [0.2, 0.25) is 0 Å². The first kappa shape index (κ1) is 17.2. The average molecular weight is 292 g/mol. The molecule has 0 unspecified atom stereocenters. The molecule has 1 aliphatic rings. The summed E-state index contributed by atoms with van der Waals surface area (Å²) in [6, 6.07) is 0. The van der Waals surface area contributed by atoms with Gasteiger partial charge in [-0.3, -0.25) is 4.79 Å². The van der Waals surface area contributed by atoms with Crippen LogP contribution in [0, 0.1) is 0 Å². The van der Waals surface area contributed by atoms with Crippen LogP contribution in [0.4, 0.5) is 0 Å². The predicted octanol–water partition coefficient (Wildman–Crippen LogP) is 3.48. The predicted molar refractivity (Wildman–Crippen MR) is 81.6 cm³/mol. The zero-order valence-corrected chi connectivity index (χ0v) is 13.3. The Bertz CT molecular complexity index is 479. The Balaban J connectivity index is 2.48. The Hall–Kier alpha value is -1.84. The fourth-order valence-corrected chi connectivity index (χ4v) is 2.18. The van der Waals surface area contributed by atoms with Crippen LogP contribution in [0.2, 0.25) is 0 Å². The Morgan fingerprint density at radius 1 is 1.38 bits per heavy atom. The number of ether oxygens (including phenoxy) is 2. The van der Waals surface area contributed by atoms with Crippen molar-refractivity contribution in [3.63, 3.8) is 0 Å². The Morgan fingerprint density at radius 3 is 2.62 bits per heavy atom. The number of allylic oxidation sites excluding steroid dienone is 2. The largest absolute Gasteiger partial charge is 0.458 e. The van der Waals surface area contributed by atoms with E-state index in [0.717, 1.165) is 24.0 Å². The summed E-state index contributed by atoms with van der Waals surface area (Å²) in [5.74, 6) is -0.513. The van der Waals surface area contributed by atoms with Crippen LogP contribution in [-0.4, -0.2) is 24.6 Å². The molecule has 0 radical (unpaired) electrons. The van der Waals surface area contributed by atoms with Crippen LogP contribution >= 0.6 is 0 Å². The molecule has 0 saturated carbocycles. The van der Waals surface area contributed by atoms with E-state index in [9.17, 15) is 9.59 Å². The first-order chi connectivity index (χ1) is 9.86. The molecule has 4 nitrogen and oxygen atoms in total. The van der Waals surface area contributed by atoms with Crippen LogP contribution in [0.3, 0.4) is 0 Å². The third-order valence-corrected chi connectivity index (χ3v) is 3.04. The molecule has 1 atom stereocenters. The summed E-state index contributed by atoms with van der Waals surface area (Å²) in [5, 5.41) is 0. The molecule has 0 aliphatic carbocycles. The van der Waals surface area contributed by atoms with E-state index in [1.54, 1.807) is 6.08 Å². The minimum atomic E-state index is -0.267. The van der Waals surface area contributed by atoms with E-state index in [1.165, 1.54) is 12.5 Å². The van der Waals surface area contributed by atoms with Gasteiger partial charge < -0.3 is 9.47 Å². The molecule has 116 valence electrons. The van der Waals surface area contributed by atoms with Crippen molar-refractivity contribution in [3.05, 3.63) is 34.9 Å². The molecule has 0 saturated heterocycles. The van der Waals surface area contributed by atoms with Gasteiger partial charge in [-0.25, -0.2) is 4.79 Å². The maximum atomic E-state index is 11.1. The lowest BCUT2D eigenvalue weighted by atomic mass is 10.0. The molecule has 0 aromatic heterocycles. The van der Waals surface area contributed by atoms with E-state index in [-0.39, 0.29) is 18.0 Å².